The smallest absolute Gasteiger partial charge is 0.349 e. The molecule has 0 radical (unpaired) electrons. The summed E-state index contributed by atoms with van der Waals surface area (Å²) in [4.78, 5) is 13.3. The molecule has 3 rings (SSSR count). The monoisotopic (exact) mass is 435 g/mol. The molecular formula is C20H21NO4S3. The molecule has 1 atom stereocenters. The minimum absolute atomic E-state index is 0.00156. The lowest BCUT2D eigenvalue weighted by molar-refractivity contribution is 0.0602. The molecule has 0 saturated heterocycles. The number of hydrogen-bond donors (Lipinski definition) is 0. The highest BCUT2D eigenvalue weighted by Crippen LogP contribution is 2.29. The summed E-state index contributed by atoms with van der Waals surface area (Å²) in [6, 6.07) is 14.6. The van der Waals surface area contributed by atoms with E-state index >= 15 is 0 Å². The summed E-state index contributed by atoms with van der Waals surface area (Å²) in [6.45, 7) is 2.12. The minimum Gasteiger partial charge on any atom is -0.465 e. The van der Waals surface area contributed by atoms with Gasteiger partial charge in [-0.3, -0.25) is 0 Å². The van der Waals surface area contributed by atoms with E-state index in [2.05, 4.69) is 0 Å². The van der Waals surface area contributed by atoms with E-state index in [1.807, 2.05) is 54.8 Å². The Morgan fingerprint density at radius 1 is 1.07 bits per heavy atom. The Morgan fingerprint density at radius 2 is 1.82 bits per heavy atom. The number of nitrogens with zero attached hydrogens (tertiary/aromatic N) is 1. The first-order valence-electron chi connectivity index (χ1n) is 8.67. The molecule has 5 nitrogen and oxygen atoms in total. The van der Waals surface area contributed by atoms with Crippen LogP contribution in [0.5, 0.6) is 0 Å². The Labute approximate surface area is 173 Å². The maximum absolute atomic E-state index is 13.5. The van der Waals surface area contributed by atoms with Crippen LogP contribution in [0.2, 0.25) is 0 Å². The number of carbonyl (C=O) groups excluding carboxylic acids is 1. The van der Waals surface area contributed by atoms with Gasteiger partial charge in [-0.05, 0) is 41.8 Å². The lowest BCUT2D eigenvalue weighted by atomic mass is 10.1. The van der Waals surface area contributed by atoms with E-state index in [-0.39, 0.29) is 22.4 Å². The Balaban J connectivity index is 1.99. The van der Waals surface area contributed by atoms with Crippen LogP contribution in [0.1, 0.15) is 27.0 Å². The van der Waals surface area contributed by atoms with E-state index in [9.17, 15) is 13.2 Å². The van der Waals surface area contributed by atoms with Crippen LogP contribution in [0, 0.1) is 0 Å². The van der Waals surface area contributed by atoms with Crippen molar-refractivity contribution >= 4 is 38.7 Å². The molecule has 0 amide bonds. The highest BCUT2D eigenvalue weighted by atomic mass is 32.2. The van der Waals surface area contributed by atoms with Crippen molar-refractivity contribution in [3.8, 4) is 0 Å². The van der Waals surface area contributed by atoms with Crippen LogP contribution < -0.4 is 0 Å². The van der Waals surface area contributed by atoms with Crippen molar-refractivity contribution in [2.45, 2.75) is 30.8 Å². The Kier molecular flexibility index (Phi) is 6.66. The molecule has 148 valence electrons. The van der Waals surface area contributed by atoms with Crippen molar-refractivity contribution in [3.63, 3.8) is 0 Å². The summed E-state index contributed by atoms with van der Waals surface area (Å²) in [6.07, 6.45) is 0.599. The standard InChI is InChI=1S/C20H21NO4S3/c1-15(13-17-9-6-11-26-17)21(14-16-7-4-3-5-8-16)28(23,24)18-10-12-27-19(18)20(22)25-2/h3-12,15H,13-14H2,1-2H3/t15-/m0/s1. The zero-order valence-corrected chi connectivity index (χ0v) is 18.0. The van der Waals surface area contributed by atoms with Crippen LogP contribution >= 0.6 is 22.7 Å². The van der Waals surface area contributed by atoms with Gasteiger partial charge in [-0.2, -0.15) is 4.31 Å². The number of methoxy groups -OCH3 is 1. The van der Waals surface area contributed by atoms with Gasteiger partial charge in [0.1, 0.15) is 9.77 Å². The number of sulfonamides is 1. The third-order valence-corrected chi connectivity index (χ3v) is 8.26. The lowest BCUT2D eigenvalue weighted by Gasteiger charge is -2.28. The minimum atomic E-state index is -3.90. The van der Waals surface area contributed by atoms with Gasteiger partial charge in [-0.25, -0.2) is 13.2 Å². The molecule has 8 heteroatoms. The summed E-state index contributed by atoms with van der Waals surface area (Å²) in [5, 5.41) is 3.58. The molecule has 0 unspecified atom stereocenters. The highest BCUT2D eigenvalue weighted by Gasteiger charge is 2.34. The fraction of sp³-hybridized carbons (Fsp3) is 0.250. The molecule has 0 aliphatic carbocycles. The van der Waals surface area contributed by atoms with Crippen molar-refractivity contribution < 1.29 is 17.9 Å². The van der Waals surface area contributed by atoms with Crippen molar-refractivity contribution in [2.24, 2.45) is 0 Å². The van der Waals surface area contributed by atoms with Gasteiger partial charge >= 0.3 is 5.97 Å². The molecule has 2 aromatic heterocycles. The second-order valence-corrected chi connectivity index (χ2v) is 10.1. The Bertz CT molecular complexity index is 1010. The van der Waals surface area contributed by atoms with Crippen LogP contribution in [0.3, 0.4) is 0 Å². The SMILES string of the molecule is COC(=O)c1sccc1S(=O)(=O)N(Cc1ccccc1)[C@@H](C)Cc1cccs1. The average Bonchev–Trinajstić information content (AvgIpc) is 3.38. The summed E-state index contributed by atoms with van der Waals surface area (Å²) in [7, 11) is -2.65. The fourth-order valence-electron chi connectivity index (χ4n) is 2.93. The number of carbonyl (C=O) groups is 1. The Morgan fingerprint density at radius 3 is 2.46 bits per heavy atom. The molecule has 2 heterocycles. The summed E-state index contributed by atoms with van der Waals surface area (Å²) in [5.41, 5.74) is 0.888. The van der Waals surface area contributed by atoms with E-state index in [1.165, 1.54) is 17.5 Å². The number of rotatable bonds is 8. The van der Waals surface area contributed by atoms with Gasteiger partial charge in [0.25, 0.3) is 0 Å². The molecule has 0 fully saturated rings. The van der Waals surface area contributed by atoms with Crippen LogP contribution in [0.25, 0.3) is 0 Å². The van der Waals surface area contributed by atoms with Crippen molar-refractivity contribution in [1.82, 2.24) is 4.31 Å². The van der Waals surface area contributed by atoms with Crippen molar-refractivity contribution in [2.75, 3.05) is 7.11 Å². The molecule has 1 aromatic carbocycles. The number of esters is 1. The van der Waals surface area contributed by atoms with Crippen LogP contribution in [0.15, 0.2) is 64.2 Å². The highest BCUT2D eigenvalue weighted by molar-refractivity contribution is 7.89. The first kappa shape index (κ1) is 20.7. The summed E-state index contributed by atoms with van der Waals surface area (Å²) in [5.74, 6) is -0.640. The molecule has 0 spiro atoms. The second-order valence-electron chi connectivity index (χ2n) is 6.27. The van der Waals surface area contributed by atoms with Crippen molar-refractivity contribution in [3.05, 3.63) is 74.6 Å². The summed E-state index contributed by atoms with van der Waals surface area (Å²) >= 11 is 2.67. The molecular weight excluding hydrogens is 414 g/mol. The van der Waals surface area contributed by atoms with E-state index < -0.39 is 16.0 Å². The average molecular weight is 436 g/mol. The Hall–Kier alpha value is -2.00. The summed E-state index contributed by atoms with van der Waals surface area (Å²) < 4.78 is 33.3. The number of hydrogen-bond acceptors (Lipinski definition) is 6. The van der Waals surface area contributed by atoms with Gasteiger partial charge in [0.2, 0.25) is 10.0 Å². The molecule has 0 aliphatic rings. The van der Waals surface area contributed by atoms with Gasteiger partial charge in [0, 0.05) is 17.5 Å². The van der Waals surface area contributed by atoms with Gasteiger partial charge < -0.3 is 4.74 Å². The predicted molar refractivity (Wildman–Crippen MR) is 112 cm³/mol. The maximum Gasteiger partial charge on any atom is 0.349 e. The van der Waals surface area contributed by atoms with E-state index in [4.69, 9.17) is 4.74 Å². The third-order valence-electron chi connectivity index (χ3n) is 4.34. The molecule has 0 N–H and O–H groups in total. The zero-order valence-electron chi connectivity index (χ0n) is 15.6. The van der Waals surface area contributed by atoms with Crippen LogP contribution in [0.4, 0.5) is 0 Å². The van der Waals surface area contributed by atoms with Crippen molar-refractivity contribution in [1.29, 1.82) is 0 Å². The normalized spacial score (nSPS) is 12.8. The van der Waals surface area contributed by atoms with Gasteiger partial charge in [0.05, 0.1) is 7.11 Å². The third kappa shape index (κ3) is 4.52. The molecule has 0 aliphatic heterocycles. The largest absolute Gasteiger partial charge is 0.465 e. The van der Waals surface area contributed by atoms with Crippen LogP contribution in [-0.4, -0.2) is 31.8 Å². The van der Waals surface area contributed by atoms with Gasteiger partial charge in [-0.15, -0.1) is 22.7 Å². The molecule has 0 bridgehead atoms. The number of ether oxygens (including phenoxy) is 1. The van der Waals surface area contributed by atoms with Gasteiger partial charge in [-0.1, -0.05) is 36.4 Å². The topological polar surface area (TPSA) is 63.7 Å². The second kappa shape index (κ2) is 9.00. The number of thiophene rings is 2. The van der Waals surface area contributed by atoms with Gasteiger partial charge in [0.15, 0.2) is 0 Å². The maximum atomic E-state index is 13.5. The fourth-order valence-corrected chi connectivity index (χ4v) is 6.69. The molecule has 28 heavy (non-hydrogen) atoms. The molecule has 0 saturated carbocycles. The zero-order chi connectivity index (χ0) is 20.1. The molecule has 3 aromatic rings. The van der Waals surface area contributed by atoms with E-state index in [0.29, 0.717) is 6.42 Å². The lowest BCUT2D eigenvalue weighted by Crippen LogP contribution is -2.39. The van der Waals surface area contributed by atoms with E-state index in [1.54, 1.807) is 16.7 Å². The first-order valence-corrected chi connectivity index (χ1v) is 11.9. The van der Waals surface area contributed by atoms with Crippen LogP contribution in [-0.2, 0) is 27.7 Å². The number of benzene rings is 1. The predicted octanol–water partition coefficient (Wildman–Crippen LogP) is 4.42. The first-order chi connectivity index (χ1) is 13.4. The van der Waals surface area contributed by atoms with E-state index in [0.717, 1.165) is 21.8 Å². The quantitative estimate of drug-likeness (QED) is 0.492.